The van der Waals surface area contributed by atoms with Crippen molar-refractivity contribution in [1.82, 2.24) is 9.88 Å². The molecule has 0 aliphatic carbocycles. The summed E-state index contributed by atoms with van der Waals surface area (Å²) >= 11 is 0. The Hall–Kier alpha value is -3.13. The standard InChI is InChI=1S/C24H29N5O3/c1-26-14-16-27(17-15-26)23-20(4-2-11-25-23)32-21-10-13-29(24(21)31)19-8-6-18(7-9-19)28-12-3-5-22(28)30/h2,4,6-9,11,21H,3,5,10,12-17H2,1H3. The quantitative estimate of drug-likeness (QED) is 0.717. The highest BCUT2D eigenvalue weighted by Gasteiger charge is 2.35. The molecule has 0 spiro atoms. The Morgan fingerprint density at radius 3 is 2.31 bits per heavy atom. The number of amides is 2. The Kier molecular flexibility index (Phi) is 5.70. The number of nitrogens with zero attached hydrogens (tertiary/aromatic N) is 5. The van der Waals surface area contributed by atoms with Crippen LogP contribution in [0.4, 0.5) is 17.2 Å². The number of anilines is 3. The first-order valence-corrected chi connectivity index (χ1v) is 11.4. The van der Waals surface area contributed by atoms with Gasteiger partial charge in [-0.25, -0.2) is 4.98 Å². The highest BCUT2D eigenvalue weighted by atomic mass is 16.5. The molecule has 5 rings (SSSR count). The first-order valence-electron chi connectivity index (χ1n) is 11.4. The van der Waals surface area contributed by atoms with E-state index in [2.05, 4.69) is 21.8 Å². The Bertz CT molecular complexity index is 987. The molecule has 3 aliphatic rings. The van der Waals surface area contributed by atoms with Gasteiger partial charge < -0.3 is 24.3 Å². The van der Waals surface area contributed by atoms with Gasteiger partial charge in [-0.1, -0.05) is 0 Å². The molecule has 0 N–H and O–H groups in total. The summed E-state index contributed by atoms with van der Waals surface area (Å²) in [5, 5.41) is 0. The van der Waals surface area contributed by atoms with E-state index in [1.807, 2.05) is 41.3 Å². The Morgan fingerprint density at radius 2 is 1.62 bits per heavy atom. The molecule has 1 aromatic heterocycles. The van der Waals surface area contributed by atoms with Crippen LogP contribution in [0.1, 0.15) is 19.3 Å². The number of hydrogen-bond acceptors (Lipinski definition) is 6. The number of benzene rings is 1. The van der Waals surface area contributed by atoms with Crippen molar-refractivity contribution in [1.29, 1.82) is 0 Å². The number of hydrogen-bond donors (Lipinski definition) is 0. The smallest absolute Gasteiger partial charge is 0.268 e. The topological polar surface area (TPSA) is 69.2 Å². The van der Waals surface area contributed by atoms with E-state index < -0.39 is 6.10 Å². The molecule has 0 radical (unpaired) electrons. The lowest BCUT2D eigenvalue weighted by molar-refractivity contribution is -0.123. The monoisotopic (exact) mass is 435 g/mol. The van der Waals surface area contributed by atoms with E-state index in [0.717, 1.165) is 56.3 Å². The maximum atomic E-state index is 13.1. The van der Waals surface area contributed by atoms with Crippen molar-refractivity contribution in [3.63, 3.8) is 0 Å². The summed E-state index contributed by atoms with van der Waals surface area (Å²) in [7, 11) is 2.12. The van der Waals surface area contributed by atoms with Crippen molar-refractivity contribution in [3.8, 4) is 5.75 Å². The third-order valence-corrected chi connectivity index (χ3v) is 6.53. The number of ether oxygens (including phenoxy) is 1. The third-order valence-electron chi connectivity index (χ3n) is 6.53. The van der Waals surface area contributed by atoms with Gasteiger partial charge in [-0.05, 0) is 49.9 Å². The highest BCUT2D eigenvalue weighted by Crippen LogP contribution is 2.31. The highest BCUT2D eigenvalue weighted by molar-refractivity contribution is 6.00. The van der Waals surface area contributed by atoms with E-state index in [0.29, 0.717) is 25.1 Å². The molecule has 168 valence electrons. The maximum absolute atomic E-state index is 13.1. The van der Waals surface area contributed by atoms with Crippen LogP contribution in [-0.4, -0.2) is 74.1 Å². The third kappa shape index (κ3) is 4.02. The van der Waals surface area contributed by atoms with Gasteiger partial charge in [0.2, 0.25) is 5.91 Å². The number of carbonyl (C=O) groups excluding carboxylic acids is 2. The van der Waals surface area contributed by atoms with Gasteiger partial charge >= 0.3 is 0 Å². The molecule has 3 aliphatic heterocycles. The predicted molar refractivity (Wildman–Crippen MR) is 123 cm³/mol. The van der Waals surface area contributed by atoms with E-state index >= 15 is 0 Å². The molecule has 1 unspecified atom stereocenters. The van der Waals surface area contributed by atoms with Crippen LogP contribution < -0.4 is 19.4 Å². The molecule has 8 heteroatoms. The van der Waals surface area contributed by atoms with Gasteiger partial charge in [0, 0.05) is 69.7 Å². The Labute approximate surface area is 188 Å². The summed E-state index contributed by atoms with van der Waals surface area (Å²) in [4.78, 5) is 37.8. The number of likely N-dealkylation sites (N-methyl/N-ethyl adjacent to an activating group) is 1. The van der Waals surface area contributed by atoms with Gasteiger partial charge in [0.25, 0.3) is 5.91 Å². The van der Waals surface area contributed by atoms with Gasteiger partial charge in [0.05, 0.1) is 0 Å². The minimum Gasteiger partial charge on any atom is -0.477 e. The molecular formula is C24H29N5O3. The molecule has 1 atom stereocenters. The minimum atomic E-state index is -0.523. The average molecular weight is 436 g/mol. The van der Waals surface area contributed by atoms with Crippen molar-refractivity contribution < 1.29 is 14.3 Å². The first-order chi connectivity index (χ1) is 15.6. The molecule has 32 heavy (non-hydrogen) atoms. The molecule has 1 aromatic carbocycles. The van der Waals surface area contributed by atoms with E-state index in [9.17, 15) is 9.59 Å². The summed E-state index contributed by atoms with van der Waals surface area (Å²) in [6.45, 7) is 5.10. The van der Waals surface area contributed by atoms with Crippen LogP contribution in [-0.2, 0) is 9.59 Å². The molecular weight excluding hydrogens is 406 g/mol. The Morgan fingerprint density at radius 1 is 0.906 bits per heavy atom. The molecule has 0 saturated carbocycles. The van der Waals surface area contributed by atoms with Crippen LogP contribution in [0.2, 0.25) is 0 Å². The van der Waals surface area contributed by atoms with Gasteiger partial charge in [-0.3, -0.25) is 9.59 Å². The van der Waals surface area contributed by atoms with E-state index in [4.69, 9.17) is 4.74 Å². The fraction of sp³-hybridized carbons (Fsp3) is 0.458. The molecule has 4 heterocycles. The molecule has 3 fully saturated rings. The fourth-order valence-corrected chi connectivity index (χ4v) is 4.64. The summed E-state index contributed by atoms with van der Waals surface area (Å²) in [6.07, 6.45) is 3.38. The predicted octanol–water partition coefficient (Wildman–Crippen LogP) is 2.14. The summed E-state index contributed by atoms with van der Waals surface area (Å²) in [5.74, 6) is 1.60. The normalized spacial score (nSPS) is 22.2. The van der Waals surface area contributed by atoms with E-state index in [-0.39, 0.29) is 11.8 Å². The zero-order valence-electron chi connectivity index (χ0n) is 18.4. The number of aromatic nitrogens is 1. The zero-order valence-corrected chi connectivity index (χ0v) is 18.4. The van der Waals surface area contributed by atoms with Gasteiger partial charge in [0.15, 0.2) is 17.7 Å². The van der Waals surface area contributed by atoms with Gasteiger partial charge in [-0.15, -0.1) is 0 Å². The second kappa shape index (κ2) is 8.78. The maximum Gasteiger partial charge on any atom is 0.268 e. The van der Waals surface area contributed by atoms with Gasteiger partial charge in [-0.2, -0.15) is 0 Å². The molecule has 2 aromatic rings. The minimum absolute atomic E-state index is 0.0387. The van der Waals surface area contributed by atoms with Crippen LogP contribution >= 0.6 is 0 Å². The summed E-state index contributed by atoms with van der Waals surface area (Å²) in [5.41, 5.74) is 1.73. The van der Waals surface area contributed by atoms with E-state index in [1.54, 1.807) is 11.1 Å². The summed E-state index contributed by atoms with van der Waals surface area (Å²) < 4.78 is 6.21. The summed E-state index contributed by atoms with van der Waals surface area (Å²) in [6, 6.07) is 11.4. The average Bonchev–Trinajstić information content (AvgIpc) is 3.40. The molecule has 2 amide bonds. The van der Waals surface area contributed by atoms with Crippen LogP contribution in [0, 0.1) is 0 Å². The number of rotatable bonds is 5. The second-order valence-corrected chi connectivity index (χ2v) is 8.67. The van der Waals surface area contributed by atoms with Crippen molar-refractivity contribution >= 4 is 29.0 Å². The van der Waals surface area contributed by atoms with Crippen LogP contribution in [0.15, 0.2) is 42.6 Å². The number of piperazine rings is 1. The van der Waals surface area contributed by atoms with Crippen LogP contribution in [0.5, 0.6) is 5.75 Å². The van der Waals surface area contributed by atoms with Gasteiger partial charge in [0.1, 0.15) is 0 Å². The van der Waals surface area contributed by atoms with Crippen molar-refractivity contribution in [3.05, 3.63) is 42.6 Å². The van der Waals surface area contributed by atoms with Crippen molar-refractivity contribution in [2.24, 2.45) is 0 Å². The fourth-order valence-electron chi connectivity index (χ4n) is 4.64. The van der Waals surface area contributed by atoms with Crippen molar-refractivity contribution in [2.75, 3.05) is 61.0 Å². The van der Waals surface area contributed by atoms with E-state index in [1.165, 1.54) is 0 Å². The Balaban J connectivity index is 1.27. The molecule has 0 bridgehead atoms. The zero-order chi connectivity index (χ0) is 22.1. The lowest BCUT2D eigenvalue weighted by Gasteiger charge is -2.34. The number of pyridine rings is 1. The SMILES string of the molecule is CN1CCN(c2ncccc2OC2CCN(c3ccc(N4CCCC4=O)cc3)C2=O)CC1. The number of carbonyl (C=O) groups is 2. The molecule has 8 nitrogen and oxygen atoms in total. The first kappa shape index (κ1) is 20.8. The van der Waals surface area contributed by atoms with Crippen LogP contribution in [0.25, 0.3) is 0 Å². The second-order valence-electron chi connectivity index (χ2n) is 8.67. The largest absolute Gasteiger partial charge is 0.477 e. The molecule has 3 saturated heterocycles. The lowest BCUT2D eigenvalue weighted by Crippen LogP contribution is -2.45. The van der Waals surface area contributed by atoms with Crippen LogP contribution in [0.3, 0.4) is 0 Å². The van der Waals surface area contributed by atoms with Crippen molar-refractivity contribution in [2.45, 2.75) is 25.4 Å². The lowest BCUT2D eigenvalue weighted by atomic mass is 10.2.